The van der Waals surface area contributed by atoms with Gasteiger partial charge in [-0.15, -0.1) is 0 Å². The molecule has 0 spiro atoms. The lowest BCUT2D eigenvalue weighted by atomic mass is 9.98. The number of nitrogens with zero attached hydrogens (tertiary/aromatic N) is 3. The van der Waals surface area contributed by atoms with E-state index in [1.165, 1.54) is 4.68 Å². The van der Waals surface area contributed by atoms with E-state index in [0.29, 0.717) is 47.7 Å². The first-order chi connectivity index (χ1) is 20.4. The molecule has 3 aromatic carbocycles. The van der Waals surface area contributed by atoms with Crippen LogP contribution in [-0.2, 0) is 11.2 Å². The smallest absolute Gasteiger partial charge is 0.407 e. The molecule has 3 N–H and O–H groups in total. The Morgan fingerprint density at radius 1 is 0.976 bits per heavy atom. The third-order valence-corrected chi connectivity index (χ3v) is 8.25. The summed E-state index contributed by atoms with van der Waals surface area (Å²) < 4.78 is 7.17. The van der Waals surface area contributed by atoms with Gasteiger partial charge in [-0.1, -0.05) is 66.2 Å². The molecule has 1 aliphatic carbocycles. The van der Waals surface area contributed by atoms with Crippen molar-refractivity contribution in [1.29, 1.82) is 0 Å². The number of hydrogen-bond acceptors (Lipinski definition) is 6. The highest BCUT2D eigenvalue weighted by molar-refractivity contribution is 6.35. The van der Waals surface area contributed by atoms with Gasteiger partial charge in [-0.05, 0) is 47.2 Å². The molecule has 0 radical (unpaired) electrons. The summed E-state index contributed by atoms with van der Waals surface area (Å²) in [6.45, 7) is 1.31. The van der Waals surface area contributed by atoms with Crippen LogP contribution in [0.25, 0.3) is 22.0 Å². The van der Waals surface area contributed by atoms with Crippen molar-refractivity contribution >= 4 is 34.7 Å². The van der Waals surface area contributed by atoms with Crippen LogP contribution in [-0.4, -0.2) is 59.2 Å². The number of amides is 2. The minimum atomic E-state index is -1.07. The Morgan fingerprint density at radius 2 is 1.64 bits per heavy atom. The van der Waals surface area contributed by atoms with Gasteiger partial charge >= 0.3 is 12.2 Å². The molecule has 4 aromatic rings. The fourth-order valence-electron chi connectivity index (χ4n) is 5.99. The van der Waals surface area contributed by atoms with E-state index in [-0.39, 0.29) is 37.1 Å². The summed E-state index contributed by atoms with van der Waals surface area (Å²) in [5, 5.41) is 16.9. The van der Waals surface area contributed by atoms with Gasteiger partial charge < -0.3 is 25.5 Å². The van der Waals surface area contributed by atoms with Gasteiger partial charge in [0.05, 0.1) is 15.9 Å². The fraction of sp³-hybridized carbons (Fsp3) is 0.290. The van der Waals surface area contributed by atoms with Gasteiger partial charge in [0.1, 0.15) is 12.4 Å². The first kappa shape index (κ1) is 27.6. The molecule has 0 atom stereocenters. The summed E-state index contributed by atoms with van der Waals surface area (Å²) in [6, 6.07) is 21.2. The topological polar surface area (TPSA) is 126 Å². The molecule has 0 unspecified atom stereocenters. The van der Waals surface area contributed by atoms with Crippen LogP contribution in [0.1, 0.15) is 35.7 Å². The quantitative estimate of drug-likeness (QED) is 0.291. The Bertz CT molecular complexity index is 1670. The molecule has 10 nitrogen and oxygen atoms in total. The lowest BCUT2D eigenvalue weighted by Gasteiger charge is -2.35. The highest BCUT2D eigenvalue weighted by atomic mass is 35.5. The second-order valence-corrected chi connectivity index (χ2v) is 10.9. The maximum absolute atomic E-state index is 13.7. The number of fused-ring (bicyclic) bond motifs is 4. The lowest BCUT2D eigenvalue weighted by molar-refractivity contribution is 0.143. The van der Waals surface area contributed by atoms with Crippen molar-refractivity contribution in [1.82, 2.24) is 20.3 Å². The minimum absolute atomic E-state index is 0.0428. The molecule has 6 rings (SSSR count). The Hall–Kier alpha value is -4.57. The van der Waals surface area contributed by atoms with Gasteiger partial charge in [0.15, 0.2) is 0 Å². The van der Waals surface area contributed by atoms with Crippen LogP contribution in [0.2, 0.25) is 5.02 Å². The van der Waals surface area contributed by atoms with E-state index >= 15 is 0 Å². The van der Waals surface area contributed by atoms with Crippen molar-refractivity contribution < 1.29 is 19.4 Å². The molecule has 1 saturated heterocycles. The highest BCUT2D eigenvalue weighted by Gasteiger charge is 2.29. The highest BCUT2D eigenvalue weighted by Crippen LogP contribution is 2.44. The third kappa shape index (κ3) is 5.37. The monoisotopic (exact) mass is 587 g/mol. The number of nitrogens with one attached hydrogen (secondary N) is 2. The van der Waals surface area contributed by atoms with Gasteiger partial charge in [-0.3, -0.25) is 4.79 Å². The molecule has 0 bridgehead atoms. The molecular formula is C31H30ClN5O5. The number of halogens is 1. The van der Waals surface area contributed by atoms with Crippen molar-refractivity contribution in [2.24, 2.45) is 0 Å². The van der Waals surface area contributed by atoms with E-state index in [1.807, 2.05) is 29.3 Å². The molecule has 1 aliphatic heterocycles. The number of carboxylic acid groups (broad SMARTS) is 1. The van der Waals surface area contributed by atoms with Crippen LogP contribution >= 0.6 is 11.6 Å². The maximum Gasteiger partial charge on any atom is 0.407 e. The SMILES string of the molecule is O=C(O)NC1CCN(n2c(CCNC(=O)OCC3c4ccccc4-c4ccccc43)nc3cccc(Cl)c3c2=O)CC1. The number of ether oxygens (including phenoxy) is 1. The molecule has 11 heteroatoms. The van der Waals surface area contributed by atoms with E-state index in [1.54, 1.807) is 18.2 Å². The van der Waals surface area contributed by atoms with Crippen LogP contribution in [0.5, 0.6) is 0 Å². The number of rotatable bonds is 7. The van der Waals surface area contributed by atoms with Crippen molar-refractivity contribution in [2.75, 3.05) is 31.3 Å². The second-order valence-electron chi connectivity index (χ2n) is 10.5. The number of hydrogen-bond donors (Lipinski definition) is 3. The first-order valence-corrected chi connectivity index (χ1v) is 14.3. The molecule has 2 aliphatic rings. The van der Waals surface area contributed by atoms with Gasteiger partial charge in [0.25, 0.3) is 5.56 Å². The van der Waals surface area contributed by atoms with Crippen LogP contribution in [0, 0.1) is 0 Å². The van der Waals surface area contributed by atoms with Gasteiger partial charge in [0, 0.05) is 38.0 Å². The molecule has 2 amide bonds. The van der Waals surface area contributed by atoms with Crippen LogP contribution in [0.3, 0.4) is 0 Å². The number of carbonyl (C=O) groups excluding carboxylic acids is 1. The zero-order valence-electron chi connectivity index (χ0n) is 22.8. The van der Waals surface area contributed by atoms with E-state index < -0.39 is 12.2 Å². The van der Waals surface area contributed by atoms with E-state index in [4.69, 9.17) is 26.4 Å². The van der Waals surface area contributed by atoms with E-state index in [2.05, 4.69) is 34.9 Å². The number of aromatic nitrogens is 2. The summed E-state index contributed by atoms with van der Waals surface area (Å²) in [5.41, 5.74) is 4.76. The largest absolute Gasteiger partial charge is 0.465 e. The molecule has 2 heterocycles. The number of alkyl carbamates (subject to hydrolysis) is 1. The zero-order chi connectivity index (χ0) is 29.2. The summed E-state index contributed by atoms with van der Waals surface area (Å²) in [5.74, 6) is 0.428. The molecule has 42 heavy (non-hydrogen) atoms. The van der Waals surface area contributed by atoms with Gasteiger partial charge in [-0.25, -0.2) is 19.2 Å². The van der Waals surface area contributed by atoms with Crippen molar-refractivity contribution in [2.45, 2.75) is 31.2 Å². The Balaban J connectivity index is 1.15. The van der Waals surface area contributed by atoms with E-state index in [9.17, 15) is 14.4 Å². The third-order valence-electron chi connectivity index (χ3n) is 7.94. The second kappa shape index (κ2) is 11.7. The average molecular weight is 588 g/mol. The summed E-state index contributed by atoms with van der Waals surface area (Å²) in [6.07, 6.45) is -0.261. The van der Waals surface area contributed by atoms with Crippen LogP contribution in [0.15, 0.2) is 71.5 Å². The van der Waals surface area contributed by atoms with Crippen molar-refractivity contribution in [3.63, 3.8) is 0 Å². The number of piperidine rings is 1. The first-order valence-electron chi connectivity index (χ1n) is 13.9. The number of carbonyl (C=O) groups is 2. The van der Waals surface area contributed by atoms with Gasteiger partial charge in [-0.2, -0.15) is 0 Å². The van der Waals surface area contributed by atoms with Crippen molar-refractivity contribution in [3.05, 3.63) is 99.1 Å². The Kier molecular flexibility index (Phi) is 7.71. The molecule has 1 aromatic heterocycles. The van der Waals surface area contributed by atoms with Gasteiger partial charge in [0.2, 0.25) is 0 Å². The summed E-state index contributed by atoms with van der Waals surface area (Å²) >= 11 is 6.38. The fourth-order valence-corrected chi connectivity index (χ4v) is 6.24. The average Bonchev–Trinajstić information content (AvgIpc) is 3.30. The Morgan fingerprint density at radius 3 is 2.31 bits per heavy atom. The molecule has 1 fully saturated rings. The summed E-state index contributed by atoms with van der Waals surface area (Å²) in [4.78, 5) is 42.2. The molecule has 0 saturated carbocycles. The van der Waals surface area contributed by atoms with Crippen LogP contribution < -0.4 is 21.2 Å². The van der Waals surface area contributed by atoms with Crippen LogP contribution in [0.4, 0.5) is 9.59 Å². The maximum atomic E-state index is 13.7. The van der Waals surface area contributed by atoms with Crippen molar-refractivity contribution in [3.8, 4) is 11.1 Å². The molecule has 216 valence electrons. The molecular weight excluding hydrogens is 558 g/mol. The Labute approximate surface area is 246 Å². The summed E-state index contributed by atoms with van der Waals surface area (Å²) in [7, 11) is 0. The minimum Gasteiger partial charge on any atom is -0.465 e. The standard InChI is InChI=1S/C31H30ClN5O5/c32-25-10-5-11-26-28(25)29(38)37(36-16-13-19(14-17-36)34-30(39)40)27(35-26)12-15-33-31(41)42-18-24-22-8-3-1-6-20(22)21-7-2-4-9-23(21)24/h1-11,19,24,34H,12-18H2,(H,33,41)(H,39,40). The lowest BCUT2D eigenvalue weighted by Crippen LogP contribution is -2.52. The van der Waals surface area contributed by atoms with E-state index in [0.717, 1.165) is 22.3 Å². The predicted octanol–water partition coefficient (Wildman–Crippen LogP) is 4.50. The zero-order valence-corrected chi connectivity index (χ0v) is 23.5. The number of benzene rings is 3. The normalized spacial score (nSPS) is 14.8. The predicted molar refractivity (Wildman–Crippen MR) is 160 cm³/mol.